The van der Waals surface area contributed by atoms with Crippen LogP contribution in [-0.2, 0) is 0 Å². The molecular formula is C23H34N6O3. The fourth-order valence-electron chi connectivity index (χ4n) is 4.64. The average molecular weight is 443 g/mol. The number of hydrogen-bond acceptors (Lipinski definition) is 5. The molecule has 3 rings (SSSR count). The number of likely N-dealkylation sites (tertiary alicyclic amines) is 2. The Morgan fingerprint density at radius 3 is 2.34 bits per heavy atom. The molecule has 0 aromatic heterocycles. The smallest absolute Gasteiger partial charge is 0.317 e. The highest BCUT2D eigenvalue weighted by Gasteiger charge is 2.36. The van der Waals surface area contributed by atoms with Crippen molar-refractivity contribution in [1.29, 1.82) is 5.26 Å². The van der Waals surface area contributed by atoms with E-state index < -0.39 is 0 Å². The zero-order chi connectivity index (χ0) is 22.9. The van der Waals surface area contributed by atoms with E-state index in [9.17, 15) is 9.59 Å². The number of piperidine rings is 2. The predicted octanol–water partition coefficient (Wildman–Crippen LogP) is 1.61. The highest BCUT2D eigenvalue weighted by Crippen LogP contribution is 2.28. The summed E-state index contributed by atoms with van der Waals surface area (Å²) in [4.78, 5) is 28.8. The first kappa shape index (κ1) is 23.7. The molecule has 1 aromatic rings. The van der Waals surface area contributed by atoms with Crippen LogP contribution in [0.2, 0.25) is 0 Å². The van der Waals surface area contributed by atoms with Crippen molar-refractivity contribution >= 4 is 12.1 Å². The molecule has 9 heteroatoms. The third kappa shape index (κ3) is 6.76. The van der Waals surface area contributed by atoms with Crippen molar-refractivity contribution in [2.24, 2.45) is 11.8 Å². The molecule has 4 amide bonds. The summed E-state index contributed by atoms with van der Waals surface area (Å²) in [5.74, 6) is 1.55. The molecule has 2 bridgehead atoms. The van der Waals surface area contributed by atoms with Crippen LogP contribution in [0.15, 0.2) is 24.3 Å². The van der Waals surface area contributed by atoms with Gasteiger partial charge in [0.2, 0.25) is 0 Å². The molecule has 0 radical (unpaired) electrons. The average Bonchev–Trinajstić information content (AvgIpc) is 2.77. The number of amides is 4. The molecule has 2 heterocycles. The first-order valence-corrected chi connectivity index (χ1v) is 11.4. The number of nitrogens with zero attached hydrogens (tertiary/aromatic N) is 3. The Hall–Kier alpha value is -2.99. The van der Waals surface area contributed by atoms with Gasteiger partial charge < -0.3 is 30.5 Å². The van der Waals surface area contributed by atoms with E-state index in [1.807, 2.05) is 18.7 Å². The van der Waals surface area contributed by atoms with Crippen molar-refractivity contribution in [1.82, 2.24) is 25.8 Å². The number of hydrogen-bond donors (Lipinski definition) is 3. The number of nitrogens with one attached hydrogen (secondary N) is 3. The second-order valence-electron chi connectivity index (χ2n) is 8.57. The standard InChI is InChI=1S/C23H34N6O3/c1-3-25-22(30)27-20(16-32-21-7-5-17(10-24)6-8-21)15-28-11-18-9-19(12-28)14-29(13-18)23(31)26-4-2/h5-8,18-20H,3-4,9,11-16H2,1-2H3,(H,26,31)(H2,25,27,30). The largest absolute Gasteiger partial charge is 0.491 e. The van der Waals surface area contributed by atoms with E-state index in [-0.39, 0.29) is 18.1 Å². The SMILES string of the molecule is CCNC(=O)NC(COc1ccc(C#N)cc1)CN1CC2CC(C1)CN(C(=O)NCC)C2. The molecule has 3 atom stereocenters. The van der Waals surface area contributed by atoms with Gasteiger partial charge in [0, 0.05) is 45.8 Å². The van der Waals surface area contributed by atoms with E-state index in [0.717, 1.165) is 32.6 Å². The van der Waals surface area contributed by atoms with Crippen LogP contribution in [0.1, 0.15) is 25.8 Å². The maximum Gasteiger partial charge on any atom is 0.317 e. The summed E-state index contributed by atoms with van der Waals surface area (Å²) in [6.45, 7) is 9.38. The number of nitriles is 1. The summed E-state index contributed by atoms with van der Waals surface area (Å²) in [5, 5.41) is 17.7. The van der Waals surface area contributed by atoms with Crippen LogP contribution in [0.4, 0.5) is 9.59 Å². The Morgan fingerprint density at radius 1 is 1.09 bits per heavy atom. The van der Waals surface area contributed by atoms with Crippen LogP contribution in [0.5, 0.6) is 5.75 Å². The lowest BCUT2D eigenvalue weighted by Crippen LogP contribution is -2.58. The molecule has 0 spiro atoms. The second kappa shape index (κ2) is 11.6. The Labute approximate surface area is 190 Å². The van der Waals surface area contributed by atoms with Gasteiger partial charge in [0.15, 0.2) is 0 Å². The Bertz CT molecular complexity index is 795. The molecular weight excluding hydrogens is 408 g/mol. The number of urea groups is 2. The van der Waals surface area contributed by atoms with Crippen molar-refractivity contribution in [3.8, 4) is 11.8 Å². The van der Waals surface area contributed by atoms with Crippen molar-refractivity contribution in [3.05, 3.63) is 29.8 Å². The number of benzene rings is 1. The topological polar surface area (TPSA) is 110 Å². The Morgan fingerprint density at radius 2 is 1.75 bits per heavy atom. The lowest BCUT2D eigenvalue weighted by atomic mass is 9.84. The number of ether oxygens (including phenoxy) is 1. The predicted molar refractivity (Wildman–Crippen MR) is 121 cm³/mol. The fraction of sp³-hybridized carbons (Fsp3) is 0.609. The fourth-order valence-corrected chi connectivity index (χ4v) is 4.64. The summed E-state index contributed by atoms with van der Waals surface area (Å²) in [6.07, 6.45) is 1.14. The van der Waals surface area contributed by atoms with Gasteiger partial charge in [0.05, 0.1) is 17.7 Å². The van der Waals surface area contributed by atoms with E-state index in [4.69, 9.17) is 10.00 Å². The van der Waals surface area contributed by atoms with Gasteiger partial charge in [-0.3, -0.25) is 0 Å². The summed E-state index contributed by atoms with van der Waals surface area (Å²) >= 11 is 0. The van der Waals surface area contributed by atoms with E-state index in [0.29, 0.717) is 49.4 Å². The molecule has 0 aliphatic carbocycles. The van der Waals surface area contributed by atoms with Gasteiger partial charge >= 0.3 is 12.1 Å². The molecule has 2 saturated heterocycles. The van der Waals surface area contributed by atoms with Crippen molar-refractivity contribution < 1.29 is 14.3 Å². The van der Waals surface area contributed by atoms with Crippen LogP contribution in [-0.4, -0.2) is 80.3 Å². The van der Waals surface area contributed by atoms with Crippen molar-refractivity contribution in [3.63, 3.8) is 0 Å². The zero-order valence-corrected chi connectivity index (χ0v) is 19.0. The molecule has 2 aliphatic rings. The zero-order valence-electron chi connectivity index (χ0n) is 19.0. The van der Waals surface area contributed by atoms with Crippen molar-refractivity contribution in [2.45, 2.75) is 26.3 Å². The van der Waals surface area contributed by atoms with E-state index in [2.05, 4.69) is 26.9 Å². The molecule has 3 unspecified atom stereocenters. The second-order valence-corrected chi connectivity index (χ2v) is 8.57. The van der Waals surface area contributed by atoms with E-state index >= 15 is 0 Å². The van der Waals surface area contributed by atoms with E-state index in [1.54, 1.807) is 24.3 Å². The van der Waals surface area contributed by atoms with Crippen LogP contribution >= 0.6 is 0 Å². The maximum atomic E-state index is 12.2. The van der Waals surface area contributed by atoms with Gasteiger partial charge in [-0.15, -0.1) is 0 Å². The quantitative estimate of drug-likeness (QED) is 0.567. The molecule has 174 valence electrons. The number of rotatable bonds is 8. The maximum absolute atomic E-state index is 12.2. The minimum atomic E-state index is -0.208. The third-order valence-corrected chi connectivity index (χ3v) is 5.86. The summed E-state index contributed by atoms with van der Waals surface area (Å²) < 4.78 is 5.92. The molecule has 2 fully saturated rings. The van der Waals surface area contributed by atoms with Gasteiger partial charge in [-0.25, -0.2) is 9.59 Å². The highest BCUT2D eigenvalue weighted by atomic mass is 16.5. The molecule has 32 heavy (non-hydrogen) atoms. The summed E-state index contributed by atoms with van der Waals surface area (Å²) in [7, 11) is 0. The van der Waals surface area contributed by atoms with Gasteiger partial charge in [0.1, 0.15) is 12.4 Å². The summed E-state index contributed by atoms with van der Waals surface area (Å²) in [5.41, 5.74) is 0.580. The molecule has 9 nitrogen and oxygen atoms in total. The van der Waals surface area contributed by atoms with Crippen LogP contribution in [0.25, 0.3) is 0 Å². The first-order chi connectivity index (χ1) is 15.5. The lowest BCUT2D eigenvalue weighted by Gasteiger charge is -2.46. The Balaban J connectivity index is 1.57. The highest BCUT2D eigenvalue weighted by molar-refractivity contribution is 5.74. The van der Waals surface area contributed by atoms with Crippen molar-refractivity contribution in [2.75, 3.05) is 52.4 Å². The number of carbonyl (C=O) groups is 2. The van der Waals surface area contributed by atoms with Gasteiger partial charge in [-0.1, -0.05) is 0 Å². The van der Waals surface area contributed by atoms with Crippen LogP contribution in [0.3, 0.4) is 0 Å². The van der Waals surface area contributed by atoms with E-state index in [1.165, 1.54) is 0 Å². The van der Waals surface area contributed by atoms with Gasteiger partial charge in [-0.2, -0.15) is 5.26 Å². The first-order valence-electron chi connectivity index (χ1n) is 11.4. The summed E-state index contributed by atoms with van der Waals surface area (Å²) in [6, 6.07) is 8.70. The normalized spacial score (nSPS) is 21.2. The molecule has 2 aliphatic heterocycles. The Kier molecular flexibility index (Phi) is 8.56. The van der Waals surface area contributed by atoms with Crippen LogP contribution < -0.4 is 20.7 Å². The minimum absolute atomic E-state index is 0.0299. The number of fused-ring (bicyclic) bond motifs is 2. The lowest BCUT2D eigenvalue weighted by molar-refractivity contribution is 0.0395. The minimum Gasteiger partial charge on any atom is -0.491 e. The van der Waals surface area contributed by atoms with Gasteiger partial charge in [-0.05, 0) is 56.4 Å². The monoisotopic (exact) mass is 442 g/mol. The van der Waals surface area contributed by atoms with Crippen LogP contribution in [0, 0.1) is 23.2 Å². The molecule has 3 N–H and O–H groups in total. The third-order valence-electron chi connectivity index (χ3n) is 5.86. The molecule has 1 aromatic carbocycles. The van der Waals surface area contributed by atoms with Gasteiger partial charge in [0.25, 0.3) is 0 Å². The molecule has 0 saturated carbocycles. The number of carbonyl (C=O) groups excluding carboxylic acids is 2.